The van der Waals surface area contributed by atoms with Crippen LogP contribution in [0.2, 0.25) is 0 Å². The van der Waals surface area contributed by atoms with Crippen molar-refractivity contribution >= 4 is 32.6 Å². The number of fused-ring (bicyclic) bond motifs is 1. The number of hydrogen-bond acceptors (Lipinski definition) is 5. The smallest absolute Gasteiger partial charge is 0.264 e. The lowest BCUT2D eigenvalue weighted by atomic mass is 10.1. The molecule has 0 fully saturated rings. The number of anilines is 1. The lowest BCUT2D eigenvalue weighted by Gasteiger charge is -2.22. The number of methoxy groups -OCH3 is 2. The van der Waals surface area contributed by atoms with Gasteiger partial charge in [0.1, 0.15) is 0 Å². The SMILES string of the molecule is CCc1ccc2nc(N(Cc3ccccc3)C(=O)c3cccc(OC)c3OC)sc2c1. The molecular formula is C25H24N2O3S. The minimum Gasteiger partial charge on any atom is -0.493 e. The van der Waals surface area contributed by atoms with E-state index in [2.05, 4.69) is 19.1 Å². The molecule has 0 aliphatic carbocycles. The van der Waals surface area contributed by atoms with Gasteiger partial charge in [-0.15, -0.1) is 0 Å². The number of nitrogens with zero attached hydrogens (tertiary/aromatic N) is 2. The Balaban J connectivity index is 1.81. The Labute approximate surface area is 185 Å². The maximum atomic E-state index is 13.8. The summed E-state index contributed by atoms with van der Waals surface area (Å²) >= 11 is 1.52. The zero-order chi connectivity index (χ0) is 21.8. The molecule has 0 aliphatic rings. The van der Waals surface area contributed by atoms with Crippen LogP contribution in [0, 0.1) is 0 Å². The molecule has 0 unspecified atom stereocenters. The number of rotatable bonds is 7. The molecule has 0 N–H and O–H groups in total. The molecule has 5 nitrogen and oxygen atoms in total. The largest absolute Gasteiger partial charge is 0.493 e. The number of benzene rings is 3. The van der Waals surface area contributed by atoms with Crippen LogP contribution in [-0.4, -0.2) is 25.1 Å². The molecule has 0 atom stereocenters. The van der Waals surface area contributed by atoms with Crippen LogP contribution in [0.25, 0.3) is 10.2 Å². The first kappa shape index (κ1) is 20.9. The van der Waals surface area contributed by atoms with Crippen LogP contribution in [0.15, 0.2) is 66.7 Å². The van der Waals surface area contributed by atoms with Gasteiger partial charge in [0.2, 0.25) is 0 Å². The van der Waals surface area contributed by atoms with Gasteiger partial charge in [-0.1, -0.05) is 60.7 Å². The van der Waals surface area contributed by atoms with E-state index in [9.17, 15) is 4.79 Å². The highest BCUT2D eigenvalue weighted by atomic mass is 32.1. The fraction of sp³-hybridized carbons (Fsp3) is 0.200. The van der Waals surface area contributed by atoms with E-state index in [1.165, 1.54) is 16.9 Å². The second-order valence-electron chi connectivity index (χ2n) is 7.07. The standard InChI is InChI=1S/C25H24N2O3S/c1-4-17-13-14-20-22(15-17)31-25(26-20)27(16-18-9-6-5-7-10-18)24(28)19-11-8-12-21(29-2)23(19)30-3/h5-15H,4,16H2,1-3H3. The molecule has 6 heteroatoms. The van der Waals surface area contributed by atoms with Crippen LogP contribution in [0.3, 0.4) is 0 Å². The lowest BCUT2D eigenvalue weighted by molar-refractivity contribution is 0.0981. The normalized spacial score (nSPS) is 10.8. The van der Waals surface area contributed by atoms with Crippen molar-refractivity contribution in [1.29, 1.82) is 0 Å². The summed E-state index contributed by atoms with van der Waals surface area (Å²) in [5.41, 5.74) is 3.59. The molecule has 0 aliphatic heterocycles. The number of aryl methyl sites for hydroxylation is 1. The number of hydrogen-bond donors (Lipinski definition) is 0. The van der Waals surface area contributed by atoms with Gasteiger partial charge in [0.05, 0.1) is 36.5 Å². The Morgan fingerprint density at radius 1 is 0.968 bits per heavy atom. The van der Waals surface area contributed by atoms with E-state index in [1.807, 2.05) is 36.4 Å². The van der Waals surface area contributed by atoms with Gasteiger partial charge in [-0.3, -0.25) is 9.69 Å². The molecule has 0 saturated carbocycles. The molecule has 4 aromatic rings. The summed E-state index contributed by atoms with van der Waals surface area (Å²) in [7, 11) is 3.10. The van der Waals surface area contributed by atoms with E-state index in [4.69, 9.17) is 14.5 Å². The summed E-state index contributed by atoms with van der Waals surface area (Å²) in [5, 5.41) is 0.655. The second kappa shape index (κ2) is 9.18. The first-order valence-corrected chi connectivity index (χ1v) is 10.9. The summed E-state index contributed by atoms with van der Waals surface area (Å²) in [6, 6.07) is 21.5. The average molecular weight is 433 g/mol. The van der Waals surface area contributed by atoms with Crippen LogP contribution < -0.4 is 14.4 Å². The number of ether oxygens (including phenoxy) is 2. The Morgan fingerprint density at radius 3 is 2.48 bits per heavy atom. The fourth-order valence-electron chi connectivity index (χ4n) is 3.49. The Hall–Kier alpha value is -3.38. The van der Waals surface area contributed by atoms with E-state index in [-0.39, 0.29) is 5.91 Å². The molecule has 1 aromatic heterocycles. The van der Waals surface area contributed by atoms with Gasteiger partial charge in [0.25, 0.3) is 5.91 Å². The van der Waals surface area contributed by atoms with Gasteiger partial charge in [0, 0.05) is 0 Å². The second-order valence-corrected chi connectivity index (χ2v) is 8.08. The first-order chi connectivity index (χ1) is 15.1. The number of carbonyl (C=O) groups excluding carboxylic acids is 1. The van der Waals surface area contributed by atoms with E-state index in [0.29, 0.717) is 28.7 Å². The van der Waals surface area contributed by atoms with Crippen molar-refractivity contribution in [1.82, 2.24) is 4.98 Å². The number of para-hydroxylation sites is 1. The van der Waals surface area contributed by atoms with Gasteiger partial charge in [0.15, 0.2) is 16.6 Å². The maximum absolute atomic E-state index is 13.8. The van der Waals surface area contributed by atoms with E-state index < -0.39 is 0 Å². The molecule has 1 heterocycles. The number of carbonyl (C=O) groups is 1. The minimum absolute atomic E-state index is 0.186. The molecule has 0 saturated heterocycles. The highest BCUT2D eigenvalue weighted by Crippen LogP contribution is 2.35. The predicted octanol–water partition coefficient (Wildman–Crippen LogP) is 5.72. The molecule has 4 rings (SSSR count). The first-order valence-electron chi connectivity index (χ1n) is 10.1. The monoisotopic (exact) mass is 432 g/mol. The zero-order valence-electron chi connectivity index (χ0n) is 17.8. The topological polar surface area (TPSA) is 51.7 Å². The van der Waals surface area contributed by atoms with Crippen LogP contribution in [0.1, 0.15) is 28.4 Å². The Morgan fingerprint density at radius 2 is 1.77 bits per heavy atom. The van der Waals surface area contributed by atoms with Crippen molar-refractivity contribution in [3.05, 3.63) is 83.4 Å². The highest BCUT2D eigenvalue weighted by Gasteiger charge is 2.26. The van der Waals surface area contributed by atoms with Gasteiger partial charge in [-0.05, 0) is 41.8 Å². The van der Waals surface area contributed by atoms with Crippen molar-refractivity contribution in [2.24, 2.45) is 0 Å². The molecule has 1 amide bonds. The molecular weight excluding hydrogens is 408 g/mol. The third kappa shape index (κ3) is 4.25. The van der Waals surface area contributed by atoms with Crippen molar-refractivity contribution in [3.63, 3.8) is 0 Å². The van der Waals surface area contributed by atoms with Crippen LogP contribution >= 0.6 is 11.3 Å². The van der Waals surface area contributed by atoms with Crippen LogP contribution in [0.5, 0.6) is 11.5 Å². The van der Waals surface area contributed by atoms with Gasteiger partial charge in [-0.2, -0.15) is 0 Å². The molecule has 31 heavy (non-hydrogen) atoms. The number of aromatic nitrogens is 1. The lowest BCUT2D eigenvalue weighted by Crippen LogP contribution is -2.30. The molecule has 0 bridgehead atoms. The fourth-order valence-corrected chi connectivity index (χ4v) is 4.51. The zero-order valence-corrected chi connectivity index (χ0v) is 18.6. The highest BCUT2D eigenvalue weighted by molar-refractivity contribution is 7.22. The van der Waals surface area contributed by atoms with E-state index in [1.54, 1.807) is 37.3 Å². The minimum atomic E-state index is -0.186. The van der Waals surface area contributed by atoms with Crippen LogP contribution in [0.4, 0.5) is 5.13 Å². The van der Waals surface area contributed by atoms with Gasteiger partial charge < -0.3 is 9.47 Å². The summed E-state index contributed by atoms with van der Waals surface area (Å²) < 4.78 is 12.0. The third-order valence-electron chi connectivity index (χ3n) is 5.14. The summed E-state index contributed by atoms with van der Waals surface area (Å²) in [6.07, 6.45) is 0.955. The summed E-state index contributed by atoms with van der Waals surface area (Å²) in [4.78, 5) is 20.2. The molecule has 0 radical (unpaired) electrons. The van der Waals surface area contributed by atoms with E-state index >= 15 is 0 Å². The van der Waals surface area contributed by atoms with Gasteiger partial charge >= 0.3 is 0 Å². The summed E-state index contributed by atoms with van der Waals surface area (Å²) in [6.45, 7) is 2.53. The van der Waals surface area contributed by atoms with Crippen LogP contribution in [-0.2, 0) is 13.0 Å². The molecule has 158 valence electrons. The molecule has 0 spiro atoms. The predicted molar refractivity (Wildman–Crippen MR) is 125 cm³/mol. The quantitative estimate of drug-likeness (QED) is 0.375. The van der Waals surface area contributed by atoms with Crippen molar-refractivity contribution < 1.29 is 14.3 Å². The Kier molecular flexibility index (Phi) is 6.18. The summed E-state index contributed by atoms with van der Waals surface area (Å²) in [5.74, 6) is 0.752. The van der Waals surface area contributed by atoms with Crippen molar-refractivity contribution in [2.45, 2.75) is 19.9 Å². The van der Waals surface area contributed by atoms with Crippen molar-refractivity contribution in [2.75, 3.05) is 19.1 Å². The maximum Gasteiger partial charge on any atom is 0.264 e. The third-order valence-corrected chi connectivity index (χ3v) is 6.18. The number of amides is 1. The molecule has 3 aromatic carbocycles. The van der Waals surface area contributed by atoms with E-state index in [0.717, 1.165) is 22.2 Å². The Bertz CT molecular complexity index is 1200. The van der Waals surface area contributed by atoms with Crippen molar-refractivity contribution in [3.8, 4) is 11.5 Å². The average Bonchev–Trinajstić information content (AvgIpc) is 3.25. The number of thiazole rings is 1. The van der Waals surface area contributed by atoms with Gasteiger partial charge in [-0.25, -0.2) is 4.98 Å².